The second-order valence-electron chi connectivity index (χ2n) is 6.96. The van der Waals surface area contributed by atoms with Gasteiger partial charge >= 0.3 is 6.09 Å². The molecule has 1 aliphatic heterocycles. The Morgan fingerprint density at radius 1 is 1.52 bits per heavy atom. The number of alkyl carbamates (subject to hydrolysis) is 1. The molecule has 0 saturated carbocycles. The third kappa shape index (κ3) is 4.79. The minimum absolute atomic E-state index is 0.207. The number of nitrogens with one attached hydrogen (secondary N) is 1. The molecule has 1 heterocycles. The van der Waals surface area contributed by atoms with Crippen molar-refractivity contribution in [3.8, 4) is 0 Å². The molecular formula is C16H22FN3O5. The smallest absolute Gasteiger partial charge is 0.407 e. The van der Waals surface area contributed by atoms with Crippen molar-refractivity contribution in [2.75, 3.05) is 18.1 Å². The summed E-state index contributed by atoms with van der Waals surface area (Å²) in [5.41, 5.74) is -0.815. The quantitative estimate of drug-likeness (QED) is 0.634. The van der Waals surface area contributed by atoms with Gasteiger partial charge in [-0.05, 0) is 39.3 Å². The lowest BCUT2D eigenvalue weighted by atomic mass is 10.1. The zero-order valence-corrected chi connectivity index (χ0v) is 14.4. The fraction of sp³-hybridized carbons (Fsp3) is 0.562. The van der Waals surface area contributed by atoms with Gasteiger partial charge in [0, 0.05) is 6.54 Å². The molecule has 0 aromatic heterocycles. The van der Waals surface area contributed by atoms with Crippen molar-refractivity contribution in [2.24, 2.45) is 0 Å². The SMILES string of the molecule is CC(C)(C)OC(=O)N[C@H]1C[C@@H](CO)N(c2ccc(F)cc2[N+](=O)[O-])C1. The number of nitro benzene ring substituents is 1. The number of hydrogen-bond acceptors (Lipinski definition) is 6. The molecule has 1 saturated heterocycles. The van der Waals surface area contributed by atoms with Crippen LogP contribution in [0, 0.1) is 15.9 Å². The highest BCUT2D eigenvalue weighted by Crippen LogP contribution is 2.34. The van der Waals surface area contributed by atoms with Gasteiger partial charge in [0.25, 0.3) is 5.69 Å². The van der Waals surface area contributed by atoms with Crippen molar-refractivity contribution < 1.29 is 24.0 Å². The summed E-state index contributed by atoms with van der Waals surface area (Å²) in [6.07, 6.45) is -0.200. The monoisotopic (exact) mass is 355 g/mol. The number of nitro groups is 1. The predicted molar refractivity (Wildman–Crippen MR) is 89.0 cm³/mol. The van der Waals surface area contributed by atoms with Crippen LogP contribution >= 0.6 is 0 Å². The predicted octanol–water partition coefficient (Wildman–Crippen LogP) is 2.20. The molecule has 9 heteroatoms. The Bertz CT molecular complexity index is 662. The van der Waals surface area contributed by atoms with Crippen molar-refractivity contribution >= 4 is 17.5 Å². The molecular weight excluding hydrogens is 333 g/mol. The van der Waals surface area contributed by atoms with Crippen molar-refractivity contribution in [3.63, 3.8) is 0 Å². The molecule has 25 heavy (non-hydrogen) atoms. The van der Waals surface area contributed by atoms with E-state index in [0.29, 0.717) is 6.42 Å². The van der Waals surface area contributed by atoms with Gasteiger partial charge in [-0.2, -0.15) is 0 Å². The first-order valence-corrected chi connectivity index (χ1v) is 7.91. The molecule has 1 fully saturated rings. The fourth-order valence-corrected chi connectivity index (χ4v) is 2.85. The number of aliphatic hydroxyl groups excluding tert-OH is 1. The molecule has 0 unspecified atom stereocenters. The Morgan fingerprint density at radius 2 is 2.20 bits per heavy atom. The number of hydrogen-bond donors (Lipinski definition) is 2. The average molecular weight is 355 g/mol. The summed E-state index contributed by atoms with van der Waals surface area (Å²) in [7, 11) is 0. The van der Waals surface area contributed by atoms with Gasteiger partial charge in [0.1, 0.15) is 17.1 Å². The molecule has 138 valence electrons. The lowest BCUT2D eigenvalue weighted by molar-refractivity contribution is -0.384. The van der Waals surface area contributed by atoms with Crippen molar-refractivity contribution in [1.29, 1.82) is 0 Å². The Kier molecular flexibility index (Phi) is 5.46. The summed E-state index contributed by atoms with van der Waals surface area (Å²) in [4.78, 5) is 24.0. The Hall–Kier alpha value is -2.42. The zero-order chi connectivity index (χ0) is 18.8. The van der Waals surface area contributed by atoms with Crippen LogP contribution in [0.4, 0.5) is 20.6 Å². The number of benzene rings is 1. The molecule has 1 aromatic rings. The van der Waals surface area contributed by atoms with Gasteiger partial charge in [-0.1, -0.05) is 0 Å². The van der Waals surface area contributed by atoms with Crippen molar-refractivity contribution in [1.82, 2.24) is 5.32 Å². The maximum Gasteiger partial charge on any atom is 0.407 e. The molecule has 2 atom stereocenters. The molecule has 8 nitrogen and oxygen atoms in total. The number of carbonyl (C=O) groups excluding carboxylic acids is 1. The van der Waals surface area contributed by atoms with Gasteiger partial charge in [-0.3, -0.25) is 10.1 Å². The van der Waals surface area contributed by atoms with Crippen molar-refractivity contribution in [3.05, 3.63) is 34.1 Å². The zero-order valence-electron chi connectivity index (χ0n) is 14.4. The van der Waals surface area contributed by atoms with E-state index in [1.807, 2.05) is 0 Å². The summed E-state index contributed by atoms with van der Waals surface area (Å²) in [5.74, 6) is -0.710. The van der Waals surface area contributed by atoms with Crippen LogP contribution in [0.25, 0.3) is 0 Å². The number of aliphatic hydroxyl groups is 1. The minimum Gasteiger partial charge on any atom is -0.444 e. The number of nitrogens with zero attached hydrogens (tertiary/aromatic N) is 2. The molecule has 0 spiro atoms. The third-order valence-electron chi connectivity index (χ3n) is 3.79. The van der Waals surface area contributed by atoms with Crippen LogP contribution in [0.3, 0.4) is 0 Å². The van der Waals surface area contributed by atoms with E-state index >= 15 is 0 Å². The molecule has 1 aliphatic rings. The van der Waals surface area contributed by atoms with E-state index in [1.165, 1.54) is 6.07 Å². The van der Waals surface area contributed by atoms with Gasteiger partial charge in [0.05, 0.1) is 29.7 Å². The van der Waals surface area contributed by atoms with Crippen LogP contribution in [-0.2, 0) is 4.74 Å². The largest absolute Gasteiger partial charge is 0.444 e. The maximum absolute atomic E-state index is 13.3. The van der Waals surface area contributed by atoms with E-state index in [4.69, 9.17) is 4.74 Å². The lowest BCUT2D eigenvalue weighted by Crippen LogP contribution is -2.40. The van der Waals surface area contributed by atoms with E-state index in [0.717, 1.165) is 12.1 Å². The molecule has 0 aliphatic carbocycles. The van der Waals surface area contributed by atoms with Gasteiger partial charge in [0.2, 0.25) is 0 Å². The van der Waals surface area contributed by atoms with E-state index in [2.05, 4.69) is 5.32 Å². The highest BCUT2D eigenvalue weighted by Gasteiger charge is 2.36. The fourth-order valence-electron chi connectivity index (χ4n) is 2.85. The second-order valence-corrected chi connectivity index (χ2v) is 6.96. The first-order chi connectivity index (χ1) is 11.6. The van der Waals surface area contributed by atoms with Crippen molar-refractivity contribution in [2.45, 2.75) is 44.9 Å². The van der Waals surface area contributed by atoms with Crippen LogP contribution in [0.15, 0.2) is 18.2 Å². The molecule has 2 N–H and O–H groups in total. The highest BCUT2D eigenvalue weighted by atomic mass is 19.1. The molecule has 0 radical (unpaired) electrons. The number of rotatable bonds is 4. The molecule has 1 aromatic carbocycles. The molecule has 2 rings (SSSR count). The van der Waals surface area contributed by atoms with Crippen LogP contribution in [0.5, 0.6) is 0 Å². The van der Waals surface area contributed by atoms with Crippen LogP contribution < -0.4 is 10.2 Å². The summed E-state index contributed by atoms with van der Waals surface area (Å²) in [5, 5.41) is 23.5. The summed E-state index contributed by atoms with van der Waals surface area (Å²) in [6.45, 7) is 5.22. The number of ether oxygens (including phenoxy) is 1. The van der Waals surface area contributed by atoms with E-state index in [9.17, 15) is 24.4 Å². The number of halogens is 1. The maximum atomic E-state index is 13.3. The number of anilines is 1. The van der Waals surface area contributed by atoms with E-state index in [-0.39, 0.29) is 30.6 Å². The first-order valence-electron chi connectivity index (χ1n) is 7.91. The van der Waals surface area contributed by atoms with Gasteiger partial charge < -0.3 is 20.1 Å². The number of amides is 1. The van der Waals surface area contributed by atoms with E-state index < -0.39 is 28.5 Å². The summed E-state index contributed by atoms with van der Waals surface area (Å²) >= 11 is 0. The van der Waals surface area contributed by atoms with Gasteiger partial charge in [0.15, 0.2) is 0 Å². The number of carbonyl (C=O) groups is 1. The Morgan fingerprint density at radius 3 is 2.76 bits per heavy atom. The van der Waals surface area contributed by atoms with Crippen LogP contribution in [0.1, 0.15) is 27.2 Å². The standard InChI is InChI=1S/C16H22FN3O5/c1-16(2,3)25-15(22)18-11-7-12(9-21)19(8-11)13-5-4-10(17)6-14(13)20(23)24/h4-6,11-12,21H,7-9H2,1-3H3,(H,18,22)/t11-,12-/m0/s1. The normalized spacial score (nSPS) is 20.4. The van der Waals surface area contributed by atoms with Crippen LogP contribution in [-0.4, -0.2) is 47.0 Å². The van der Waals surface area contributed by atoms with Gasteiger partial charge in [-0.25, -0.2) is 9.18 Å². The Labute approximate surface area is 144 Å². The van der Waals surface area contributed by atoms with E-state index in [1.54, 1.807) is 25.7 Å². The second kappa shape index (κ2) is 7.22. The van der Waals surface area contributed by atoms with Gasteiger partial charge in [-0.15, -0.1) is 0 Å². The third-order valence-corrected chi connectivity index (χ3v) is 3.79. The molecule has 1 amide bonds. The lowest BCUT2D eigenvalue weighted by Gasteiger charge is -2.25. The average Bonchev–Trinajstić information content (AvgIpc) is 2.87. The van der Waals surface area contributed by atoms with Crippen LogP contribution in [0.2, 0.25) is 0 Å². The minimum atomic E-state index is -0.710. The highest BCUT2D eigenvalue weighted by molar-refractivity contribution is 5.69. The summed E-state index contributed by atoms with van der Waals surface area (Å²) in [6, 6.07) is 2.51. The Balaban J connectivity index is 2.17. The first kappa shape index (κ1) is 18.9. The molecule has 0 bridgehead atoms. The topological polar surface area (TPSA) is 105 Å². The summed E-state index contributed by atoms with van der Waals surface area (Å²) < 4.78 is 18.5.